The maximum atomic E-state index is 12.5. The highest BCUT2D eigenvalue weighted by atomic mass is 16.1. The normalized spacial score (nSPS) is 24.6. The molecule has 17 heavy (non-hydrogen) atoms. The van der Waals surface area contributed by atoms with Gasteiger partial charge in [-0.3, -0.25) is 4.79 Å². The van der Waals surface area contributed by atoms with Crippen molar-refractivity contribution >= 4 is 5.78 Å². The van der Waals surface area contributed by atoms with Gasteiger partial charge in [-0.2, -0.15) is 0 Å². The fourth-order valence-electron chi connectivity index (χ4n) is 2.74. The predicted molar refractivity (Wildman–Crippen MR) is 71.4 cm³/mol. The first-order valence-electron chi connectivity index (χ1n) is 6.69. The lowest BCUT2D eigenvalue weighted by atomic mass is 9.78. The van der Waals surface area contributed by atoms with Crippen molar-refractivity contribution in [2.24, 2.45) is 11.8 Å². The minimum absolute atomic E-state index is 0.270. The average molecular weight is 230 g/mol. The molecule has 1 aliphatic rings. The Morgan fingerprint density at radius 3 is 2.41 bits per heavy atom. The number of carbonyl (C=O) groups is 1. The van der Waals surface area contributed by atoms with Crippen molar-refractivity contribution < 1.29 is 4.79 Å². The molecule has 1 fully saturated rings. The smallest absolute Gasteiger partial charge is 0.166 e. The van der Waals surface area contributed by atoms with Crippen molar-refractivity contribution in [2.45, 2.75) is 46.5 Å². The second-order valence-electron chi connectivity index (χ2n) is 5.64. The highest BCUT2D eigenvalue weighted by Gasteiger charge is 2.25. The van der Waals surface area contributed by atoms with Gasteiger partial charge in [0, 0.05) is 11.5 Å². The third-order valence-electron chi connectivity index (χ3n) is 4.05. The van der Waals surface area contributed by atoms with Crippen molar-refractivity contribution in [3.63, 3.8) is 0 Å². The Bertz CT molecular complexity index is 412. The van der Waals surface area contributed by atoms with Crippen LogP contribution in [0.5, 0.6) is 0 Å². The van der Waals surface area contributed by atoms with Crippen LogP contribution < -0.4 is 0 Å². The molecule has 0 aliphatic heterocycles. The van der Waals surface area contributed by atoms with E-state index < -0.39 is 0 Å². The lowest BCUT2D eigenvalue weighted by Crippen LogP contribution is -2.21. The molecular weight excluding hydrogens is 208 g/mol. The summed E-state index contributed by atoms with van der Waals surface area (Å²) in [5.41, 5.74) is 3.26. The third kappa shape index (κ3) is 2.77. The number of ketones is 1. The van der Waals surface area contributed by atoms with Gasteiger partial charge in [-0.25, -0.2) is 0 Å². The number of Topliss-reactive ketones (excluding diaryl/α,β-unsaturated/α-hetero) is 1. The highest BCUT2D eigenvalue weighted by Crippen LogP contribution is 2.31. The van der Waals surface area contributed by atoms with Crippen LogP contribution in [0, 0.1) is 25.7 Å². The first-order valence-corrected chi connectivity index (χ1v) is 6.69. The van der Waals surface area contributed by atoms with Gasteiger partial charge in [0.25, 0.3) is 0 Å². The molecule has 1 aromatic carbocycles. The van der Waals surface area contributed by atoms with Crippen LogP contribution in [0.4, 0.5) is 0 Å². The van der Waals surface area contributed by atoms with Crippen LogP contribution in [0.3, 0.4) is 0 Å². The summed E-state index contributed by atoms with van der Waals surface area (Å²) in [5.74, 6) is 1.45. The van der Waals surface area contributed by atoms with E-state index in [-0.39, 0.29) is 5.92 Å². The SMILES string of the molecule is Cc1ccc(C)c(C(=O)C2CCC(C)CC2)c1. The van der Waals surface area contributed by atoms with Crippen molar-refractivity contribution in [3.8, 4) is 0 Å². The summed E-state index contributed by atoms with van der Waals surface area (Å²) in [6.07, 6.45) is 4.57. The summed E-state index contributed by atoms with van der Waals surface area (Å²) >= 11 is 0. The minimum Gasteiger partial charge on any atom is -0.294 e. The van der Waals surface area contributed by atoms with Crippen LogP contribution in [0.2, 0.25) is 0 Å². The van der Waals surface area contributed by atoms with Crippen LogP contribution in [0.1, 0.15) is 54.1 Å². The second-order valence-corrected chi connectivity index (χ2v) is 5.64. The molecule has 0 bridgehead atoms. The first-order chi connectivity index (χ1) is 8.08. The number of hydrogen-bond acceptors (Lipinski definition) is 1. The van der Waals surface area contributed by atoms with Crippen molar-refractivity contribution in [1.82, 2.24) is 0 Å². The summed E-state index contributed by atoms with van der Waals surface area (Å²) in [6.45, 7) is 6.38. The zero-order valence-corrected chi connectivity index (χ0v) is 11.1. The summed E-state index contributed by atoms with van der Waals surface area (Å²) in [6, 6.07) is 6.19. The molecule has 0 spiro atoms. The van der Waals surface area contributed by atoms with E-state index in [2.05, 4.69) is 32.0 Å². The molecule has 1 aromatic rings. The Morgan fingerprint density at radius 1 is 1.12 bits per heavy atom. The van der Waals surface area contributed by atoms with Gasteiger partial charge >= 0.3 is 0 Å². The number of aryl methyl sites for hydroxylation is 2. The summed E-state index contributed by atoms with van der Waals surface area (Å²) in [5, 5.41) is 0. The van der Waals surface area contributed by atoms with E-state index in [1.165, 1.54) is 18.4 Å². The lowest BCUT2D eigenvalue weighted by molar-refractivity contribution is 0.0875. The maximum absolute atomic E-state index is 12.5. The molecule has 1 saturated carbocycles. The standard InChI is InChI=1S/C16H22O/c1-11-5-8-14(9-6-11)16(17)15-10-12(2)4-7-13(15)3/h4,7,10-11,14H,5-6,8-9H2,1-3H3. The van der Waals surface area contributed by atoms with Crippen molar-refractivity contribution in [2.75, 3.05) is 0 Å². The fraction of sp³-hybridized carbons (Fsp3) is 0.562. The molecule has 0 amide bonds. The van der Waals surface area contributed by atoms with E-state index in [1.54, 1.807) is 0 Å². The molecule has 0 N–H and O–H groups in total. The second kappa shape index (κ2) is 5.03. The van der Waals surface area contributed by atoms with E-state index >= 15 is 0 Å². The average Bonchev–Trinajstić information content (AvgIpc) is 2.32. The highest BCUT2D eigenvalue weighted by molar-refractivity contribution is 5.99. The van der Waals surface area contributed by atoms with Gasteiger partial charge < -0.3 is 0 Å². The molecule has 0 aromatic heterocycles. The molecule has 0 radical (unpaired) electrons. The van der Waals surface area contributed by atoms with E-state index in [4.69, 9.17) is 0 Å². The van der Waals surface area contributed by atoms with E-state index in [9.17, 15) is 4.79 Å². The summed E-state index contributed by atoms with van der Waals surface area (Å²) < 4.78 is 0. The van der Waals surface area contributed by atoms with Crippen LogP contribution in [0.25, 0.3) is 0 Å². The first kappa shape index (κ1) is 12.3. The number of carbonyl (C=O) groups excluding carboxylic acids is 1. The van der Waals surface area contributed by atoms with Gasteiger partial charge in [0.15, 0.2) is 5.78 Å². The van der Waals surface area contributed by atoms with Gasteiger partial charge in [0.05, 0.1) is 0 Å². The van der Waals surface area contributed by atoms with Gasteiger partial charge in [-0.15, -0.1) is 0 Å². The number of hydrogen-bond donors (Lipinski definition) is 0. The van der Waals surface area contributed by atoms with Crippen LogP contribution >= 0.6 is 0 Å². The van der Waals surface area contributed by atoms with Gasteiger partial charge in [0.2, 0.25) is 0 Å². The number of benzene rings is 1. The van der Waals surface area contributed by atoms with E-state index in [0.717, 1.165) is 29.9 Å². The maximum Gasteiger partial charge on any atom is 0.166 e. The predicted octanol–water partition coefficient (Wildman–Crippen LogP) is 4.31. The van der Waals surface area contributed by atoms with Crippen LogP contribution in [-0.2, 0) is 0 Å². The zero-order valence-electron chi connectivity index (χ0n) is 11.1. The molecule has 1 aliphatic carbocycles. The van der Waals surface area contributed by atoms with Crippen molar-refractivity contribution in [3.05, 3.63) is 34.9 Å². The van der Waals surface area contributed by atoms with Gasteiger partial charge in [-0.05, 0) is 44.2 Å². The van der Waals surface area contributed by atoms with E-state index in [1.807, 2.05) is 6.92 Å². The zero-order chi connectivity index (χ0) is 12.4. The monoisotopic (exact) mass is 230 g/mol. The molecule has 1 heteroatoms. The Labute approximate surface area is 104 Å². The number of rotatable bonds is 2. The molecule has 0 heterocycles. The molecular formula is C16H22O. The van der Waals surface area contributed by atoms with Gasteiger partial charge in [-0.1, -0.05) is 37.5 Å². The lowest BCUT2D eigenvalue weighted by Gasteiger charge is -2.25. The quantitative estimate of drug-likeness (QED) is 0.692. The molecule has 0 saturated heterocycles. The largest absolute Gasteiger partial charge is 0.294 e. The topological polar surface area (TPSA) is 17.1 Å². The molecule has 2 rings (SSSR count). The van der Waals surface area contributed by atoms with Crippen LogP contribution in [0.15, 0.2) is 18.2 Å². The van der Waals surface area contributed by atoms with E-state index in [0.29, 0.717) is 5.78 Å². The van der Waals surface area contributed by atoms with Crippen LogP contribution in [-0.4, -0.2) is 5.78 Å². The Balaban J connectivity index is 2.16. The Morgan fingerprint density at radius 2 is 1.76 bits per heavy atom. The summed E-state index contributed by atoms with van der Waals surface area (Å²) in [4.78, 5) is 12.5. The third-order valence-corrected chi connectivity index (χ3v) is 4.05. The minimum atomic E-state index is 0.270. The van der Waals surface area contributed by atoms with Crippen molar-refractivity contribution in [1.29, 1.82) is 0 Å². The molecule has 92 valence electrons. The Kier molecular flexibility index (Phi) is 3.66. The Hall–Kier alpha value is -1.11. The summed E-state index contributed by atoms with van der Waals surface area (Å²) in [7, 11) is 0. The fourth-order valence-corrected chi connectivity index (χ4v) is 2.74. The molecule has 0 atom stereocenters. The van der Waals surface area contributed by atoms with Gasteiger partial charge in [0.1, 0.15) is 0 Å². The molecule has 1 nitrogen and oxygen atoms in total. The molecule has 0 unspecified atom stereocenters.